The van der Waals surface area contributed by atoms with Crippen LogP contribution in [0.2, 0.25) is 0 Å². The van der Waals surface area contributed by atoms with Crippen molar-refractivity contribution in [2.75, 3.05) is 13.7 Å². The highest BCUT2D eigenvalue weighted by molar-refractivity contribution is 5.89. The SMILES string of the molecule is COC(=O)c1ccc(C2(NC(=O)[C@H]3CCCCN3Cc3ccc(CF)cc3)CC2)cc1. The minimum atomic E-state index is -0.461. The molecule has 31 heavy (non-hydrogen) atoms. The van der Waals surface area contributed by atoms with E-state index in [1.807, 2.05) is 36.4 Å². The van der Waals surface area contributed by atoms with E-state index < -0.39 is 6.67 Å². The van der Waals surface area contributed by atoms with E-state index in [2.05, 4.69) is 10.2 Å². The Bertz CT molecular complexity index is 923. The van der Waals surface area contributed by atoms with Gasteiger partial charge in [0.05, 0.1) is 24.3 Å². The molecule has 2 aliphatic rings. The third-order valence-corrected chi connectivity index (χ3v) is 6.45. The number of amides is 1. The number of alkyl halides is 1. The molecule has 0 aromatic heterocycles. The minimum absolute atomic E-state index is 0.0645. The van der Waals surface area contributed by atoms with Crippen molar-refractivity contribution >= 4 is 11.9 Å². The second kappa shape index (κ2) is 9.18. The lowest BCUT2D eigenvalue weighted by atomic mass is 9.98. The van der Waals surface area contributed by atoms with E-state index in [1.165, 1.54) is 7.11 Å². The summed E-state index contributed by atoms with van der Waals surface area (Å²) in [7, 11) is 1.37. The number of likely N-dealkylation sites (tertiary alicyclic amines) is 1. The predicted octanol–water partition coefficient (Wildman–Crippen LogP) is 4.10. The Morgan fingerprint density at radius 2 is 1.74 bits per heavy atom. The molecule has 1 N–H and O–H groups in total. The number of benzene rings is 2. The summed E-state index contributed by atoms with van der Waals surface area (Å²) in [6.45, 7) is 1.10. The summed E-state index contributed by atoms with van der Waals surface area (Å²) in [5, 5.41) is 3.30. The second-order valence-corrected chi connectivity index (χ2v) is 8.57. The van der Waals surface area contributed by atoms with E-state index in [-0.39, 0.29) is 23.5 Å². The van der Waals surface area contributed by atoms with Crippen molar-refractivity contribution in [3.8, 4) is 0 Å². The monoisotopic (exact) mass is 424 g/mol. The Balaban J connectivity index is 1.43. The molecule has 0 bridgehead atoms. The molecule has 1 heterocycles. The molecule has 1 saturated heterocycles. The van der Waals surface area contributed by atoms with Crippen LogP contribution in [0.5, 0.6) is 0 Å². The van der Waals surface area contributed by atoms with Gasteiger partial charge in [-0.3, -0.25) is 9.69 Å². The van der Waals surface area contributed by atoms with Crippen molar-refractivity contribution in [2.45, 2.75) is 56.9 Å². The molecule has 2 fully saturated rings. The molecule has 1 atom stereocenters. The molecule has 6 heteroatoms. The maximum atomic E-state index is 13.3. The lowest BCUT2D eigenvalue weighted by Gasteiger charge is -2.36. The van der Waals surface area contributed by atoms with Gasteiger partial charge in [-0.25, -0.2) is 9.18 Å². The van der Waals surface area contributed by atoms with Crippen molar-refractivity contribution in [3.05, 3.63) is 70.8 Å². The van der Waals surface area contributed by atoms with Crippen molar-refractivity contribution in [3.63, 3.8) is 0 Å². The molecule has 0 spiro atoms. The molecule has 4 rings (SSSR count). The molecule has 2 aromatic carbocycles. The number of carbonyl (C=O) groups is 2. The van der Waals surface area contributed by atoms with Crippen molar-refractivity contribution in [1.82, 2.24) is 10.2 Å². The number of rotatable bonds is 7. The first-order valence-electron chi connectivity index (χ1n) is 10.9. The number of ether oxygens (including phenoxy) is 1. The van der Waals surface area contributed by atoms with E-state index >= 15 is 0 Å². The zero-order valence-electron chi connectivity index (χ0n) is 17.9. The van der Waals surface area contributed by atoms with Gasteiger partial charge < -0.3 is 10.1 Å². The van der Waals surface area contributed by atoms with Crippen LogP contribution >= 0.6 is 0 Å². The van der Waals surface area contributed by atoms with Gasteiger partial charge in [0.15, 0.2) is 0 Å². The maximum Gasteiger partial charge on any atom is 0.337 e. The van der Waals surface area contributed by atoms with Crippen molar-refractivity contribution in [1.29, 1.82) is 0 Å². The van der Waals surface area contributed by atoms with Crippen LogP contribution < -0.4 is 5.32 Å². The number of methoxy groups -OCH3 is 1. The van der Waals surface area contributed by atoms with Crippen LogP contribution in [0, 0.1) is 0 Å². The van der Waals surface area contributed by atoms with Crippen LogP contribution in [0.4, 0.5) is 4.39 Å². The molecule has 2 aromatic rings. The van der Waals surface area contributed by atoms with Crippen molar-refractivity contribution < 1.29 is 18.7 Å². The van der Waals surface area contributed by atoms with Gasteiger partial charge in [0, 0.05) is 6.54 Å². The molecule has 5 nitrogen and oxygen atoms in total. The maximum absolute atomic E-state index is 13.3. The van der Waals surface area contributed by atoms with Crippen molar-refractivity contribution in [2.24, 2.45) is 0 Å². The van der Waals surface area contributed by atoms with Gasteiger partial charge in [0.2, 0.25) is 5.91 Å². The fourth-order valence-electron chi connectivity index (χ4n) is 4.42. The highest BCUT2D eigenvalue weighted by Gasteiger charge is 2.47. The first kappa shape index (κ1) is 21.5. The molecular weight excluding hydrogens is 395 g/mol. The molecule has 1 amide bonds. The average Bonchev–Trinajstić information content (AvgIpc) is 3.60. The summed E-state index contributed by atoms with van der Waals surface area (Å²) in [6, 6.07) is 14.7. The Morgan fingerprint density at radius 1 is 1.06 bits per heavy atom. The molecule has 0 radical (unpaired) electrons. The molecule has 1 saturated carbocycles. The minimum Gasteiger partial charge on any atom is -0.465 e. The summed E-state index contributed by atoms with van der Waals surface area (Å²) in [5.74, 6) is -0.299. The molecule has 1 aliphatic carbocycles. The first-order valence-corrected chi connectivity index (χ1v) is 10.9. The zero-order valence-corrected chi connectivity index (χ0v) is 17.9. The van der Waals surface area contributed by atoms with Gasteiger partial charge in [0.1, 0.15) is 6.67 Å². The first-order chi connectivity index (χ1) is 15.0. The van der Waals surface area contributed by atoms with Crippen LogP contribution in [0.3, 0.4) is 0 Å². The van der Waals surface area contributed by atoms with Gasteiger partial charge in [-0.15, -0.1) is 0 Å². The summed E-state index contributed by atoms with van der Waals surface area (Å²) in [6.07, 6.45) is 4.75. The van der Waals surface area contributed by atoms with Gasteiger partial charge in [0.25, 0.3) is 0 Å². The summed E-state index contributed by atoms with van der Waals surface area (Å²) in [5.41, 5.74) is 2.96. The number of nitrogens with zero attached hydrogens (tertiary/aromatic N) is 1. The van der Waals surface area contributed by atoms with E-state index in [9.17, 15) is 14.0 Å². The van der Waals surface area contributed by atoms with Crippen LogP contribution in [-0.4, -0.2) is 36.5 Å². The summed E-state index contributed by atoms with van der Waals surface area (Å²) >= 11 is 0. The highest BCUT2D eigenvalue weighted by Crippen LogP contribution is 2.45. The molecule has 1 aliphatic heterocycles. The predicted molar refractivity (Wildman–Crippen MR) is 116 cm³/mol. The Labute approximate surface area is 182 Å². The number of halogens is 1. The average molecular weight is 425 g/mol. The largest absolute Gasteiger partial charge is 0.465 e. The van der Waals surface area contributed by atoms with Crippen LogP contribution in [0.25, 0.3) is 0 Å². The summed E-state index contributed by atoms with van der Waals surface area (Å²) < 4.78 is 17.5. The van der Waals surface area contributed by atoms with Gasteiger partial charge in [-0.2, -0.15) is 0 Å². The quantitative estimate of drug-likeness (QED) is 0.680. The van der Waals surface area contributed by atoms with Crippen LogP contribution in [0.15, 0.2) is 48.5 Å². The molecule has 164 valence electrons. The van der Waals surface area contributed by atoms with Crippen LogP contribution in [0.1, 0.15) is 59.2 Å². The lowest BCUT2D eigenvalue weighted by Crippen LogP contribution is -2.51. The van der Waals surface area contributed by atoms with E-state index in [0.717, 1.165) is 49.8 Å². The number of carbonyl (C=O) groups excluding carboxylic acids is 2. The Kier molecular flexibility index (Phi) is 6.37. The second-order valence-electron chi connectivity index (χ2n) is 8.57. The topological polar surface area (TPSA) is 58.6 Å². The number of esters is 1. The van der Waals surface area contributed by atoms with E-state index in [1.54, 1.807) is 12.1 Å². The number of piperidine rings is 1. The van der Waals surface area contributed by atoms with E-state index in [4.69, 9.17) is 4.74 Å². The third-order valence-electron chi connectivity index (χ3n) is 6.45. The Hall–Kier alpha value is -2.73. The number of hydrogen-bond donors (Lipinski definition) is 1. The van der Waals surface area contributed by atoms with Crippen LogP contribution in [-0.2, 0) is 28.3 Å². The zero-order chi connectivity index (χ0) is 21.8. The number of hydrogen-bond acceptors (Lipinski definition) is 4. The lowest BCUT2D eigenvalue weighted by molar-refractivity contribution is -0.129. The van der Waals surface area contributed by atoms with Gasteiger partial charge in [-0.05, 0) is 61.1 Å². The van der Waals surface area contributed by atoms with E-state index in [0.29, 0.717) is 17.7 Å². The molecular formula is C25H29FN2O3. The van der Waals surface area contributed by atoms with Gasteiger partial charge >= 0.3 is 5.97 Å². The summed E-state index contributed by atoms with van der Waals surface area (Å²) in [4.78, 5) is 27.2. The molecule has 0 unspecified atom stereocenters. The smallest absolute Gasteiger partial charge is 0.337 e. The Morgan fingerprint density at radius 3 is 2.35 bits per heavy atom. The normalized spacial score (nSPS) is 20.1. The third kappa shape index (κ3) is 4.79. The van der Waals surface area contributed by atoms with Gasteiger partial charge in [-0.1, -0.05) is 42.8 Å². The highest BCUT2D eigenvalue weighted by atomic mass is 19.1. The fraction of sp³-hybridized carbons (Fsp3) is 0.440. The number of nitrogens with one attached hydrogen (secondary N) is 1. The standard InChI is InChI=1S/C25H29FN2O3/c1-31-24(30)20-9-11-21(12-10-20)25(13-14-25)27-23(29)22-4-2-3-15-28(22)17-19-7-5-18(16-26)6-8-19/h5-12,22H,2-4,13-17H2,1H3,(H,27,29)/t22-/m1/s1. The fourth-order valence-corrected chi connectivity index (χ4v) is 4.42.